The van der Waals surface area contributed by atoms with E-state index in [0.29, 0.717) is 18.8 Å². The number of thioether (sulfide) groups is 2. The molecule has 0 aromatic carbocycles. The van der Waals surface area contributed by atoms with Gasteiger partial charge in [-0.2, -0.15) is 11.8 Å². The molecule has 1 unspecified atom stereocenters. The van der Waals surface area contributed by atoms with Gasteiger partial charge in [0.1, 0.15) is 5.78 Å². The molecule has 0 aromatic heterocycles. The standard InChI is InChI=1S/C19H32O6S2/c1-24-9-4-3-6-14(20)7-8-15-16(21)12-17(22)19(15)27-11-5-10-26-13-18(23)25-2/h7-8,14-16,19-21H,3-6,9-13H2,1-2H3/b8-7+/t14?,15-,16+,19+/m0/s1. The predicted molar refractivity (Wildman–Crippen MR) is 110 cm³/mol. The van der Waals surface area contributed by atoms with Crippen LogP contribution in [0.15, 0.2) is 12.2 Å². The lowest BCUT2D eigenvalue weighted by Crippen LogP contribution is -2.22. The normalized spacial score (nSPS) is 23.9. The minimum atomic E-state index is -0.680. The fourth-order valence-corrected chi connectivity index (χ4v) is 5.15. The lowest BCUT2D eigenvalue weighted by molar-refractivity contribution is -0.137. The predicted octanol–water partition coefficient (Wildman–Crippen LogP) is 2.07. The molecule has 8 heteroatoms. The van der Waals surface area contributed by atoms with Gasteiger partial charge in [-0.3, -0.25) is 9.59 Å². The molecule has 0 heterocycles. The summed E-state index contributed by atoms with van der Waals surface area (Å²) in [6.07, 6.45) is 5.74. The van der Waals surface area contributed by atoms with Crippen LogP contribution in [0.1, 0.15) is 32.1 Å². The quantitative estimate of drug-likeness (QED) is 0.251. The summed E-state index contributed by atoms with van der Waals surface area (Å²) in [4.78, 5) is 23.2. The topological polar surface area (TPSA) is 93.1 Å². The van der Waals surface area contributed by atoms with E-state index < -0.39 is 12.2 Å². The van der Waals surface area contributed by atoms with Crippen LogP contribution in [0.5, 0.6) is 0 Å². The largest absolute Gasteiger partial charge is 0.468 e. The van der Waals surface area contributed by atoms with Gasteiger partial charge < -0.3 is 19.7 Å². The number of methoxy groups -OCH3 is 2. The smallest absolute Gasteiger partial charge is 0.315 e. The first-order valence-corrected chi connectivity index (χ1v) is 11.5. The first-order chi connectivity index (χ1) is 13.0. The maximum Gasteiger partial charge on any atom is 0.315 e. The van der Waals surface area contributed by atoms with Gasteiger partial charge in [0, 0.05) is 26.1 Å². The maximum absolute atomic E-state index is 12.2. The van der Waals surface area contributed by atoms with E-state index in [1.54, 1.807) is 31.0 Å². The van der Waals surface area contributed by atoms with Crippen LogP contribution >= 0.6 is 23.5 Å². The van der Waals surface area contributed by atoms with Crippen LogP contribution < -0.4 is 0 Å². The van der Waals surface area contributed by atoms with Crippen molar-refractivity contribution in [2.45, 2.75) is 49.6 Å². The molecule has 156 valence electrons. The Morgan fingerprint density at radius 2 is 2.07 bits per heavy atom. The molecule has 1 aliphatic rings. The van der Waals surface area contributed by atoms with Crippen LogP contribution in [0.25, 0.3) is 0 Å². The third-order valence-electron chi connectivity index (χ3n) is 4.35. The molecule has 6 nitrogen and oxygen atoms in total. The van der Waals surface area contributed by atoms with E-state index in [9.17, 15) is 19.8 Å². The minimum Gasteiger partial charge on any atom is -0.468 e. The number of Topliss-reactive ketones (excluding diaryl/α,β-unsaturated/α-hetero) is 1. The highest BCUT2D eigenvalue weighted by atomic mass is 32.2. The fraction of sp³-hybridized carbons (Fsp3) is 0.789. The van der Waals surface area contributed by atoms with Crippen molar-refractivity contribution in [3.8, 4) is 0 Å². The summed E-state index contributed by atoms with van der Waals surface area (Å²) in [5.41, 5.74) is 0. The monoisotopic (exact) mass is 420 g/mol. The maximum atomic E-state index is 12.2. The van der Waals surface area contributed by atoms with Crippen LogP contribution in [0.3, 0.4) is 0 Å². The van der Waals surface area contributed by atoms with Crippen molar-refractivity contribution >= 4 is 35.3 Å². The van der Waals surface area contributed by atoms with E-state index in [1.807, 2.05) is 0 Å². The molecule has 1 fully saturated rings. The lowest BCUT2D eigenvalue weighted by Gasteiger charge is -2.17. The first-order valence-electron chi connectivity index (χ1n) is 9.31. The number of hydrogen-bond donors (Lipinski definition) is 2. The van der Waals surface area contributed by atoms with E-state index in [2.05, 4.69) is 4.74 Å². The second-order valence-corrected chi connectivity index (χ2v) is 8.88. The van der Waals surface area contributed by atoms with Crippen LogP contribution in [0.4, 0.5) is 0 Å². The van der Waals surface area contributed by atoms with Crippen LogP contribution in [0, 0.1) is 5.92 Å². The summed E-state index contributed by atoms with van der Waals surface area (Å²) in [5.74, 6) is 1.55. The highest BCUT2D eigenvalue weighted by Crippen LogP contribution is 2.34. The summed E-state index contributed by atoms with van der Waals surface area (Å²) >= 11 is 3.07. The van der Waals surface area contributed by atoms with Gasteiger partial charge in [0.25, 0.3) is 0 Å². The average molecular weight is 421 g/mol. The summed E-state index contributed by atoms with van der Waals surface area (Å²) < 4.78 is 9.58. The van der Waals surface area contributed by atoms with Gasteiger partial charge in [-0.25, -0.2) is 0 Å². The molecule has 4 atom stereocenters. The number of unbranched alkanes of at least 4 members (excludes halogenated alkanes) is 1. The number of rotatable bonds is 14. The van der Waals surface area contributed by atoms with Gasteiger partial charge in [-0.1, -0.05) is 12.2 Å². The van der Waals surface area contributed by atoms with Crippen LogP contribution in [0.2, 0.25) is 0 Å². The van der Waals surface area contributed by atoms with E-state index in [-0.39, 0.29) is 29.3 Å². The zero-order valence-corrected chi connectivity index (χ0v) is 17.8. The fourth-order valence-electron chi connectivity index (χ4n) is 2.85. The number of carbonyl (C=O) groups excluding carboxylic acids is 2. The first kappa shape index (κ1) is 24.5. The third-order valence-corrected chi connectivity index (χ3v) is 6.83. The van der Waals surface area contributed by atoms with Gasteiger partial charge in [0.05, 0.1) is 30.3 Å². The molecule has 1 saturated carbocycles. The second-order valence-electron chi connectivity index (χ2n) is 6.53. The van der Waals surface area contributed by atoms with Gasteiger partial charge in [-0.05, 0) is 37.2 Å². The van der Waals surface area contributed by atoms with Crippen LogP contribution in [-0.4, -0.2) is 77.5 Å². The molecule has 0 radical (unpaired) electrons. The Balaban J connectivity index is 2.35. The van der Waals surface area contributed by atoms with E-state index >= 15 is 0 Å². The Kier molecular flexibility index (Phi) is 13.1. The molecule has 0 spiro atoms. The molecule has 0 saturated heterocycles. The van der Waals surface area contributed by atoms with E-state index in [1.165, 1.54) is 18.9 Å². The lowest BCUT2D eigenvalue weighted by atomic mass is 10.0. The summed E-state index contributed by atoms with van der Waals surface area (Å²) in [6.45, 7) is 0.683. The van der Waals surface area contributed by atoms with Crippen molar-refractivity contribution in [3.05, 3.63) is 12.2 Å². The minimum absolute atomic E-state index is 0.0685. The third kappa shape index (κ3) is 9.99. The van der Waals surface area contributed by atoms with E-state index in [4.69, 9.17) is 4.74 Å². The van der Waals surface area contributed by atoms with Crippen molar-refractivity contribution in [1.29, 1.82) is 0 Å². The number of carbonyl (C=O) groups is 2. The Bertz CT molecular complexity index is 471. The molecule has 0 aliphatic heterocycles. The zero-order valence-electron chi connectivity index (χ0n) is 16.2. The molecule has 0 aromatic rings. The number of ketones is 1. The summed E-state index contributed by atoms with van der Waals surface area (Å²) in [7, 11) is 3.03. The van der Waals surface area contributed by atoms with Crippen molar-refractivity contribution in [2.75, 3.05) is 38.1 Å². The average Bonchev–Trinajstić information content (AvgIpc) is 2.92. The number of ether oxygens (including phenoxy) is 2. The molecule has 1 rings (SSSR count). The summed E-state index contributed by atoms with van der Waals surface area (Å²) in [5, 5.41) is 20.0. The van der Waals surface area contributed by atoms with Gasteiger partial charge in [0.2, 0.25) is 0 Å². The Morgan fingerprint density at radius 3 is 2.78 bits per heavy atom. The van der Waals surface area contributed by atoms with Crippen LogP contribution in [-0.2, 0) is 19.1 Å². The molecule has 0 amide bonds. The SMILES string of the molecule is COCCCCC(O)/C=C/[C@H]1[C@H](O)CC(=O)[C@@H]1SCCCSCC(=O)OC. The van der Waals surface area contributed by atoms with Crippen molar-refractivity contribution in [1.82, 2.24) is 0 Å². The van der Waals surface area contributed by atoms with Crippen molar-refractivity contribution in [2.24, 2.45) is 5.92 Å². The van der Waals surface area contributed by atoms with Gasteiger partial charge in [-0.15, -0.1) is 11.8 Å². The highest BCUT2D eigenvalue weighted by molar-refractivity contribution is 8.01. The highest BCUT2D eigenvalue weighted by Gasteiger charge is 2.40. The van der Waals surface area contributed by atoms with Gasteiger partial charge in [0.15, 0.2) is 0 Å². The molecular formula is C19H32O6S2. The number of aliphatic hydroxyl groups excluding tert-OH is 2. The van der Waals surface area contributed by atoms with Gasteiger partial charge >= 0.3 is 5.97 Å². The Hall–Kier alpha value is -0.540. The molecule has 0 bridgehead atoms. The number of esters is 1. The molecule has 27 heavy (non-hydrogen) atoms. The number of hydrogen-bond acceptors (Lipinski definition) is 8. The summed E-state index contributed by atoms with van der Waals surface area (Å²) in [6, 6.07) is 0. The Morgan fingerprint density at radius 1 is 1.30 bits per heavy atom. The Labute approximate surface area is 170 Å². The second kappa shape index (κ2) is 14.5. The van der Waals surface area contributed by atoms with Crippen molar-refractivity contribution < 1.29 is 29.3 Å². The zero-order chi connectivity index (χ0) is 20.1. The molecule has 2 N–H and O–H groups in total. The van der Waals surface area contributed by atoms with Crippen molar-refractivity contribution in [3.63, 3.8) is 0 Å². The molecular weight excluding hydrogens is 388 g/mol. The molecule has 1 aliphatic carbocycles. The van der Waals surface area contributed by atoms with E-state index in [0.717, 1.165) is 30.8 Å². The number of aliphatic hydroxyl groups is 2.